The number of hydrogen-bond acceptors (Lipinski definition) is 11. The molecular weight excluding hydrogens is 441 g/mol. The molecule has 0 aliphatic carbocycles. The van der Waals surface area contributed by atoms with E-state index in [0.29, 0.717) is 51.6 Å². The van der Waals surface area contributed by atoms with Crippen LogP contribution in [0.3, 0.4) is 0 Å². The molecule has 0 unspecified atom stereocenters. The van der Waals surface area contributed by atoms with E-state index in [9.17, 15) is 19.2 Å². The fraction of sp³-hybridized carbons (Fsp3) is 0.765. The number of rotatable bonds is 14. The number of carbonyl (C=O) groups excluding carboxylic acids is 4. The van der Waals surface area contributed by atoms with Gasteiger partial charge in [0.1, 0.15) is 18.1 Å². The van der Waals surface area contributed by atoms with Gasteiger partial charge in [-0.05, 0) is 45.2 Å². The van der Waals surface area contributed by atoms with E-state index in [0.717, 1.165) is 0 Å². The molecular formula is C17H35Cl2N5O6. The summed E-state index contributed by atoms with van der Waals surface area (Å²) in [5.41, 5.74) is 27.5. The molecule has 11 nitrogen and oxygen atoms in total. The molecule has 3 atom stereocenters. The summed E-state index contributed by atoms with van der Waals surface area (Å²) in [6.45, 7) is 0.957. The quantitative estimate of drug-likeness (QED) is 0.116. The van der Waals surface area contributed by atoms with Crippen molar-refractivity contribution in [3.8, 4) is 0 Å². The largest absolute Gasteiger partial charge is 0.392 e. The van der Waals surface area contributed by atoms with Crippen LogP contribution in [0.1, 0.15) is 51.4 Å². The van der Waals surface area contributed by atoms with Gasteiger partial charge in [0.05, 0.1) is 0 Å². The third-order valence-electron chi connectivity index (χ3n) is 3.92. The van der Waals surface area contributed by atoms with Gasteiger partial charge in [0.2, 0.25) is 0 Å². The lowest BCUT2D eigenvalue weighted by Crippen LogP contribution is -2.40. The van der Waals surface area contributed by atoms with Gasteiger partial charge in [-0.2, -0.15) is 0 Å². The summed E-state index contributed by atoms with van der Waals surface area (Å²) in [5, 5.41) is 0. The number of halogens is 2. The average molecular weight is 476 g/mol. The number of esters is 4. The van der Waals surface area contributed by atoms with Crippen LogP contribution in [0.2, 0.25) is 0 Å². The SMILES string of the molecule is Cl.Cl.NCCCC[C@H](N)C(=O)OC(=O)CC[C@H](N)C(=O)OC(=O)[C@@H](N)CCCCN. The summed E-state index contributed by atoms with van der Waals surface area (Å²) in [5.74, 6) is -3.61. The molecule has 0 aromatic heterocycles. The fourth-order valence-corrected chi connectivity index (χ4v) is 2.13. The third kappa shape index (κ3) is 15.5. The molecule has 0 fully saturated rings. The molecule has 0 aliphatic heterocycles. The predicted octanol–water partition coefficient (Wildman–Crippen LogP) is -1.01. The van der Waals surface area contributed by atoms with Crippen LogP contribution in [0.5, 0.6) is 0 Å². The Morgan fingerprint density at radius 1 is 0.600 bits per heavy atom. The molecule has 0 radical (unpaired) electrons. The summed E-state index contributed by atoms with van der Waals surface area (Å²) in [4.78, 5) is 46.8. The highest BCUT2D eigenvalue weighted by molar-refractivity contribution is 5.91. The van der Waals surface area contributed by atoms with Gasteiger partial charge in [-0.3, -0.25) is 4.79 Å². The second-order valence-corrected chi connectivity index (χ2v) is 6.46. The molecule has 178 valence electrons. The van der Waals surface area contributed by atoms with Crippen molar-refractivity contribution in [3.05, 3.63) is 0 Å². The van der Waals surface area contributed by atoms with Crippen molar-refractivity contribution in [1.82, 2.24) is 0 Å². The summed E-state index contributed by atoms with van der Waals surface area (Å²) in [6.07, 6.45) is 2.88. The number of ether oxygens (including phenoxy) is 2. The first-order valence-electron chi connectivity index (χ1n) is 9.39. The zero-order valence-corrected chi connectivity index (χ0v) is 18.6. The Labute approximate surface area is 188 Å². The van der Waals surface area contributed by atoms with Gasteiger partial charge in [0.15, 0.2) is 0 Å². The molecule has 0 saturated heterocycles. The maximum Gasteiger partial charge on any atom is 0.330 e. The van der Waals surface area contributed by atoms with Crippen molar-refractivity contribution in [2.24, 2.45) is 28.7 Å². The number of hydrogen-bond donors (Lipinski definition) is 5. The van der Waals surface area contributed by atoms with E-state index < -0.39 is 42.0 Å². The van der Waals surface area contributed by atoms with Gasteiger partial charge in [-0.1, -0.05) is 12.8 Å². The lowest BCUT2D eigenvalue weighted by atomic mass is 10.1. The predicted molar refractivity (Wildman–Crippen MR) is 116 cm³/mol. The maximum atomic E-state index is 11.8. The number of unbranched alkanes of at least 4 members (excludes halogenated alkanes) is 2. The Morgan fingerprint density at radius 2 is 0.967 bits per heavy atom. The maximum absolute atomic E-state index is 11.8. The van der Waals surface area contributed by atoms with Gasteiger partial charge in [0.25, 0.3) is 0 Å². The fourth-order valence-electron chi connectivity index (χ4n) is 2.13. The smallest absolute Gasteiger partial charge is 0.330 e. The first-order valence-corrected chi connectivity index (χ1v) is 9.39. The molecule has 0 aromatic carbocycles. The zero-order valence-electron chi connectivity index (χ0n) is 17.0. The highest BCUT2D eigenvalue weighted by Crippen LogP contribution is 2.05. The lowest BCUT2D eigenvalue weighted by Gasteiger charge is -2.13. The van der Waals surface area contributed by atoms with Crippen molar-refractivity contribution in [1.29, 1.82) is 0 Å². The van der Waals surface area contributed by atoms with Crippen LogP contribution < -0.4 is 28.7 Å². The van der Waals surface area contributed by atoms with E-state index in [1.54, 1.807) is 0 Å². The standard InChI is InChI=1S/C17H33N5O6.2ClH/c18-9-3-1-5-11(20)15(24)27-14(23)8-7-13(22)17(26)28-16(25)12(21)6-2-4-10-19;;/h11-13H,1-10,18-22H2;2*1H/t11-,12-,13-;;/m0../s1. The minimum absolute atomic E-state index is 0. The second kappa shape index (κ2) is 19.6. The second-order valence-electron chi connectivity index (χ2n) is 6.46. The monoisotopic (exact) mass is 475 g/mol. The lowest BCUT2D eigenvalue weighted by molar-refractivity contribution is -0.161. The molecule has 30 heavy (non-hydrogen) atoms. The molecule has 10 N–H and O–H groups in total. The summed E-state index contributed by atoms with van der Waals surface area (Å²) < 4.78 is 9.21. The molecule has 0 heterocycles. The van der Waals surface area contributed by atoms with Gasteiger partial charge in [-0.25, -0.2) is 14.4 Å². The molecule has 0 aliphatic rings. The Hall–Kier alpha value is -1.34. The molecule has 13 heteroatoms. The van der Waals surface area contributed by atoms with Gasteiger partial charge < -0.3 is 38.1 Å². The minimum atomic E-state index is -1.24. The Balaban J connectivity index is -0.00000364. The van der Waals surface area contributed by atoms with Crippen molar-refractivity contribution < 1.29 is 28.7 Å². The van der Waals surface area contributed by atoms with Crippen LogP contribution in [-0.2, 0) is 28.7 Å². The average Bonchev–Trinajstić information content (AvgIpc) is 2.65. The number of nitrogens with two attached hydrogens (primary N) is 5. The van der Waals surface area contributed by atoms with Crippen molar-refractivity contribution in [2.75, 3.05) is 13.1 Å². The molecule has 0 spiro atoms. The molecule has 0 bridgehead atoms. The van der Waals surface area contributed by atoms with Gasteiger partial charge in [-0.15, -0.1) is 24.8 Å². The van der Waals surface area contributed by atoms with Crippen LogP contribution in [0.4, 0.5) is 0 Å². The summed E-state index contributed by atoms with van der Waals surface area (Å²) in [6, 6.07) is -3.11. The van der Waals surface area contributed by atoms with E-state index in [4.69, 9.17) is 28.7 Å². The van der Waals surface area contributed by atoms with E-state index in [1.165, 1.54) is 0 Å². The third-order valence-corrected chi connectivity index (χ3v) is 3.92. The first kappa shape index (κ1) is 33.3. The van der Waals surface area contributed by atoms with E-state index >= 15 is 0 Å². The van der Waals surface area contributed by atoms with E-state index in [2.05, 4.69) is 9.47 Å². The molecule has 0 saturated carbocycles. The molecule has 0 aromatic rings. The van der Waals surface area contributed by atoms with Crippen LogP contribution in [0, 0.1) is 0 Å². The van der Waals surface area contributed by atoms with E-state index in [-0.39, 0.29) is 37.7 Å². The normalized spacial score (nSPS) is 13.1. The number of carbonyl (C=O) groups is 4. The van der Waals surface area contributed by atoms with Crippen molar-refractivity contribution >= 4 is 48.7 Å². The minimum Gasteiger partial charge on any atom is -0.392 e. The van der Waals surface area contributed by atoms with Crippen LogP contribution in [0.15, 0.2) is 0 Å². The summed E-state index contributed by atoms with van der Waals surface area (Å²) >= 11 is 0. The van der Waals surface area contributed by atoms with Crippen molar-refractivity contribution in [3.63, 3.8) is 0 Å². The van der Waals surface area contributed by atoms with Crippen LogP contribution >= 0.6 is 24.8 Å². The highest BCUT2D eigenvalue weighted by Gasteiger charge is 2.25. The Bertz CT molecular complexity index is 527. The van der Waals surface area contributed by atoms with Crippen LogP contribution in [0.25, 0.3) is 0 Å². The van der Waals surface area contributed by atoms with E-state index in [1.807, 2.05) is 0 Å². The molecule has 0 amide bonds. The zero-order chi connectivity index (χ0) is 21.5. The van der Waals surface area contributed by atoms with Crippen LogP contribution in [-0.4, -0.2) is 55.1 Å². The van der Waals surface area contributed by atoms with Crippen molar-refractivity contribution in [2.45, 2.75) is 69.5 Å². The first-order chi connectivity index (χ1) is 13.2. The topological polar surface area (TPSA) is 217 Å². The van der Waals surface area contributed by atoms with Gasteiger partial charge >= 0.3 is 23.9 Å². The summed E-state index contributed by atoms with van der Waals surface area (Å²) in [7, 11) is 0. The highest BCUT2D eigenvalue weighted by atomic mass is 35.5. The Kier molecular flexibility index (Phi) is 21.8. The molecule has 0 rings (SSSR count). The van der Waals surface area contributed by atoms with Gasteiger partial charge in [0, 0.05) is 6.42 Å². The Morgan fingerprint density at radius 3 is 1.37 bits per heavy atom.